The molecule has 3 aromatic rings. The Bertz CT molecular complexity index is 752. The van der Waals surface area contributed by atoms with Crippen molar-refractivity contribution in [1.29, 1.82) is 0 Å². The van der Waals surface area contributed by atoms with Crippen molar-refractivity contribution in [2.75, 3.05) is 0 Å². The van der Waals surface area contributed by atoms with E-state index in [4.69, 9.17) is 4.42 Å². The monoisotopic (exact) mass is 290 g/mol. The summed E-state index contributed by atoms with van der Waals surface area (Å²) in [6.45, 7) is 9.97. The molecule has 0 aromatic carbocycles. The Morgan fingerprint density at radius 2 is 1.86 bits per heavy atom. The van der Waals surface area contributed by atoms with E-state index in [-0.39, 0.29) is 0 Å². The van der Waals surface area contributed by atoms with Gasteiger partial charge in [0, 0.05) is 30.7 Å². The second kappa shape index (κ2) is 7.42. The van der Waals surface area contributed by atoms with Crippen LogP contribution in [0.1, 0.15) is 33.4 Å². The standard InChI is InChI=1S/C11H10N4O2.2C2H6/c1-7-6-12-9-5-8(3-4-15(7)9)10-13-14(2)11(16)17-10;2*1-2/h3-6H,1-2H3;2*1-2H3. The molecule has 6 heteroatoms. The van der Waals surface area contributed by atoms with Crippen LogP contribution in [-0.2, 0) is 7.05 Å². The van der Waals surface area contributed by atoms with Gasteiger partial charge in [0.15, 0.2) is 0 Å². The zero-order valence-corrected chi connectivity index (χ0v) is 13.4. The summed E-state index contributed by atoms with van der Waals surface area (Å²) < 4.78 is 8.13. The van der Waals surface area contributed by atoms with Crippen LogP contribution in [0.2, 0.25) is 0 Å². The fourth-order valence-electron chi connectivity index (χ4n) is 1.70. The highest BCUT2D eigenvalue weighted by Crippen LogP contribution is 2.17. The fourth-order valence-corrected chi connectivity index (χ4v) is 1.70. The van der Waals surface area contributed by atoms with Crippen LogP contribution in [0.15, 0.2) is 33.7 Å². The number of imidazole rings is 1. The number of aryl methyl sites for hydroxylation is 2. The summed E-state index contributed by atoms with van der Waals surface area (Å²) in [4.78, 5) is 15.4. The lowest BCUT2D eigenvalue weighted by atomic mass is 10.2. The predicted octanol–water partition coefficient (Wildman–Crippen LogP) is 3.05. The fraction of sp³-hybridized carbons (Fsp3) is 0.400. The van der Waals surface area contributed by atoms with E-state index < -0.39 is 5.76 Å². The van der Waals surface area contributed by atoms with Crippen molar-refractivity contribution in [3.05, 3.63) is 40.8 Å². The number of rotatable bonds is 1. The van der Waals surface area contributed by atoms with Gasteiger partial charge in [0.2, 0.25) is 5.89 Å². The molecule has 3 rings (SSSR count). The maximum atomic E-state index is 11.2. The number of aromatic nitrogens is 4. The first kappa shape index (κ1) is 16.7. The first-order valence-corrected chi connectivity index (χ1v) is 7.13. The van der Waals surface area contributed by atoms with E-state index in [1.54, 1.807) is 13.2 Å². The molecule has 3 heterocycles. The van der Waals surface area contributed by atoms with E-state index in [0.29, 0.717) is 5.89 Å². The van der Waals surface area contributed by atoms with Gasteiger partial charge >= 0.3 is 5.76 Å². The Labute approximate surface area is 124 Å². The number of hydrogen-bond donors (Lipinski definition) is 0. The summed E-state index contributed by atoms with van der Waals surface area (Å²) in [5.41, 5.74) is 2.59. The van der Waals surface area contributed by atoms with Gasteiger partial charge in [-0.1, -0.05) is 27.7 Å². The number of pyridine rings is 1. The van der Waals surface area contributed by atoms with Gasteiger partial charge < -0.3 is 8.82 Å². The molecule has 0 atom stereocenters. The molecule has 0 N–H and O–H groups in total. The second-order valence-corrected chi connectivity index (χ2v) is 3.84. The molecule has 0 saturated heterocycles. The summed E-state index contributed by atoms with van der Waals surface area (Å²) in [6.07, 6.45) is 3.66. The Morgan fingerprint density at radius 3 is 2.43 bits per heavy atom. The minimum absolute atomic E-state index is 0.306. The molecule has 0 aliphatic carbocycles. The smallest absolute Gasteiger partial charge is 0.388 e. The van der Waals surface area contributed by atoms with Gasteiger partial charge in [-0.25, -0.2) is 9.78 Å². The lowest BCUT2D eigenvalue weighted by Gasteiger charge is -1.98. The molecule has 0 saturated carbocycles. The van der Waals surface area contributed by atoms with E-state index in [1.807, 2.05) is 57.3 Å². The Balaban J connectivity index is 0.000000510. The average Bonchev–Trinajstić information content (AvgIpc) is 3.07. The maximum absolute atomic E-state index is 11.2. The first-order chi connectivity index (χ1) is 10.1. The number of fused-ring (bicyclic) bond motifs is 1. The van der Waals surface area contributed by atoms with Gasteiger partial charge in [0.05, 0.1) is 0 Å². The molecule has 3 aromatic heterocycles. The first-order valence-electron chi connectivity index (χ1n) is 7.13. The van der Waals surface area contributed by atoms with Crippen molar-refractivity contribution >= 4 is 5.65 Å². The van der Waals surface area contributed by atoms with Crippen molar-refractivity contribution in [2.24, 2.45) is 7.05 Å². The van der Waals surface area contributed by atoms with Crippen LogP contribution in [0.25, 0.3) is 17.1 Å². The highest BCUT2D eigenvalue weighted by molar-refractivity contribution is 5.59. The molecule has 114 valence electrons. The van der Waals surface area contributed by atoms with Crippen LogP contribution in [-0.4, -0.2) is 19.2 Å². The topological polar surface area (TPSA) is 65.3 Å². The molecule has 0 aliphatic rings. The van der Waals surface area contributed by atoms with Gasteiger partial charge in [-0.2, -0.15) is 4.68 Å². The highest BCUT2D eigenvalue weighted by Gasteiger charge is 2.09. The van der Waals surface area contributed by atoms with Crippen molar-refractivity contribution in [3.8, 4) is 11.5 Å². The molecule has 0 spiro atoms. The van der Waals surface area contributed by atoms with Gasteiger partial charge in [-0.3, -0.25) is 0 Å². The quantitative estimate of drug-likeness (QED) is 0.691. The average molecular weight is 290 g/mol. The van der Waals surface area contributed by atoms with Crippen LogP contribution in [0.3, 0.4) is 0 Å². The van der Waals surface area contributed by atoms with E-state index >= 15 is 0 Å². The van der Waals surface area contributed by atoms with Gasteiger partial charge in [0.25, 0.3) is 0 Å². The third-order valence-electron chi connectivity index (χ3n) is 2.63. The molecule has 21 heavy (non-hydrogen) atoms. The normalized spacial score (nSPS) is 9.62. The summed E-state index contributed by atoms with van der Waals surface area (Å²) in [5, 5.41) is 3.99. The minimum atomic E-state index is -0.473. The molecule has 6 nitrogen and oxygen atoms in total. The van der Waals surface area contributed by atoms with E-state index in [9.17, 15) is 4.79 Å². The molecule has 0 bridgehead atoms. The summed E-state index contributed by atoms with van der Waals surface area (Å²) in [6, 6.07) is 3.67. The van der Waals surface area contributed by atoms with E-state index in [1.165, 1.54) is 0 Å². The van der Waals surface area contributed by atoms with Crippen LogP contribution >= 0.6 is 0 Å². The zero-order chi connectivity index (χ0) is 16.0. The van der Waals surface area contributed by atoms with Gasteiger partial charge in [-0.05, 0) is 19.1 Å². The van der Waals surface area contributed by atoms with E-state index in [0.717, 1.165) is 21.6 Å². The summed E-state index contributed by atoms with van der Waals surface area (Å²) in [7, 11) is 1.55. The van der Waals surface area contributed by atoms with Crippen LogP contribution in [0.4, 0.5) is 0 Å². The van der Waals surface area contributed by atoms with Crippen LogP contribution in [0.5, 0.6) is 0 Å². The van der Waals surface area contributed by atoms with Crippen molar-refractivity contribution < 1.29 is 4.42 Å². The third kappa shape index (κ3) is 3.39. The lowest BCUT2D eigenvalue weighted by molar-refractivity contribution is 0.505. The van der Waals surface area contributed by atoms with Crippen molar-refractivity contribution in [3.63, 3.8) is 0 Å². The van der Waals surface area contributed by atoms with Gasteiger partial charge in [0.1, 0.15) is 5.65 Å². The Hall–Kier alpha value is -2.37. The molecular formula is C15H22N4O2. The van der Waals surface area contributed by atoms with Crippen LogP contribution in [0, 0.1) is 6.92 Å². The highest BCUT2D eigenvalue weighted by atomic mass is 16.4. The summed E-state index contributed by atoms with van der Waals surface area (Å²) >= 11 is 0. The maximum Gasteiger partial charge on any atom is 0.437 e. The largest absolute Gasteiger partial charge is 0.437 e. The Morgan fingerprint density at radius 1 is 1.19 bits per heavy atom. The molecule has 0 unspecified atom stereocenters. The predicted molar refractivity (Wildman–Crippen MR) is 83.4 cm³/mol. The molecule has 0 amide bonds. The number of hydrogen-bond acceptors (Lipinski definition) is 4. The lowest BCUT2D eigenvalue weighted by Crippen LogP contribution is -2.09. The van der Waals surface area contributed by atoms with Crippen LogP contribution < -0.4 is 5.76 Å². The zero-order valence-electron chi connectivity index (χ0n) is 13.4. The Kier molecular flexibility index (Phi) is 5.90. The number of nitrogens with zero attached hydrogens (tertiary/aromatic N) is 4. The van der Waals surface area contributed by atoms with E-state index in [2.05, 4.69) is 10.1 Å². The molecular weight excluding hydrogens is 268 g/mol. The van der Waals surface area contributed by atoms with Crippen molar-refractivity contribution in [1.82, 2.24) is 19.2 Å². The summed E-state index contributed by atoms with van der Waals surface area (Å²) in [5.74, 6) is -0.167. The molecule has 0 fully saturated rings. The molecule has 0 aliphatic heterocycles. The third-order valence-corrected chi connectivity index (χ3v) is 2.63. The SMILES string of the molecule is CC.CC.Cc1cnc2cc(-c3nn(C)c(=O)o3)ccn12. The second-order valence-electron chi connectivity index (χ2n) is 3.84. The van der Waals surface area contributed by atoms with Crippen molar-refractivity contribution in [2.45, 2.75) is 34.6 Å². The minimum Gasteiger partial charge on any atom is -0.388 e. The van der Waals surface area contributed by atoms with Gasteiger partial charge in [-0.15, -0.1) is 5.10 Å². The molecule has 0 radical (unpaired) electrons.